The van der Waals surface area contributed by atoms with Crippen LogP contribution in [0.3, 0.4) is 0 Å². The van der Waals surface area contributed by atoms with Crippen LogP contribution in [-0.4, -0.2) is 29.7 Å². The Bertz CT molecular complexity index is 281. The van der Waals surface area contributed by atoms with E-state index in [4.69, 9.17) is 5.11 Å². The molecule has 1 aliphatic rings. The summed E-state index contributed by atoms with van der Waals surface area (Å²) in [7, 11) is 0. The molecule has 17 heavy (non-hydrogen) atoms. The van der Waals surface area contributed by atoms with Gasteiger partial charge in [0, 0.05) is 19.0 Å². The Kier molecular flexibility index (Phi) is 5.25. The molecule has 5 nitrogen and oxygen atoms in total. The van der Waals surface area contributed by atoms with Crippen LogP contribution in [0.5, 0.6) is 0 Å². The molecule has 0 saturated heterocycles. The van der Waals surface area contributed by atoms with E-state index < -0.39 is 5.97 Å². The number of aliphatic carboxylic acids is 1. The quantitative estimate of drug-likeness (QED) is 0.634. The maximum absolute atomic E-state index is 11.4. The Morgan fingerprint density at radius 3 is 2.59 bits per heavy atom. The molecule has 0 aromatic carbocycles. The number of hydrogen-bond acceptors (Lipinski definition) is 2. The lowest BCUT2D eigenvalue weighted by molar-refractivity contribution is -0.137. The van der Waals surface area contributed by atoms with Gasteiger partial charge < -0.3 is 15.7 Å². The number of amides is 2. The Morgan fingerprint density at radius 2 is 2.06 bits per heavy atom. The summed E-state index contributed by atoms with van der Waals surface area (Å²) in [5.41, 5.74) is 0. The molecule has 1 fully saturated rings. The zero-order chi connectivity index (χ0) is 12.8. The summed E-state index contributed by atoms with van der Waals surface area (Å²) in [6, 6.07) is 0.240. The number of hydrogen-bond donors (Lipinski definition) is 3. The fourth-order valence-corrected chi connectivity index (χ4v) is 1.69. The number of carboxylic acids is 1. The third-order valence-electron chi connectivity index (χ3n) is 3.20. The van der Waals surface area contributed by atoms with E-state index in [1.807, 2.05) is 6.92 Å². The standard InChI is InChI=1S/C12H22N2O3/c1-8(3-4-11(15)16)5-6-13-12(17)14-10-7-9(10)2/h8-10H,3-7H2,1-2H3,(H,15,16)(H2,13,14,17). The van der Waals surface area contributed by atoms with Crippen molar-refractivity contribution in [3.8, 4) is 0 Å². The van der Waals surface area contributed by atoms with Crippen LogP contribution >= 0.6 is 0 Å². The highest BCUT2D eigenvalue weighted by Crippen LogP contribution is 2.28. The van der Waals surface area contributed by atoms with Crippen molar-refractivity contribution in [1.29, 1.82) is 0 Å². The molecule has 5 heteroatoms. The van der Waals surface area contributed by atoms with Crippen molar-refractivity contribution in [1.82, 2.24) is 10.6 Å². The van der Waals surface area contributed by atoms with Crippen molar-refractivity contribution in [2.45, 2.75) is 45.6 Å². The van der Waals surface area contributed by atoms with E-state index in [1.165, 1.54) is 0 Å². The summed E-state index contributed by atoms with van der Waals surface area (Å²) in [6.07, 6.45) is 2.76. The van der Waals surface area contributed by atoms with E-state index in [0.717, 1.165) is 12.8 Å². The lowest BCUT2D eigenvalue weighted by atomic mass is 10.0. The molecule has 0 aromatic rings. The van der Waals surface area contributed by atoms with Gasteiger partial charge in [0.15, 0.2) is 0 Å². The third-order valence-corrected chi connectivity index (χ3v) is 3.20. The van der Waals surface area contributed by atoms with Crippen LogP contribution in [0, 0.1) is 11.8 Å². The molecule has 3 unspecified atom stereocenters. The van der Waals surface area contributed by atoms with E-state index in [-0.39, 0.29) is 12.5 Å². The van der Waals surface area contributed by atoms with E-state index in [2.05, 4.69) is 17.6 Å². The van der Waals surface area contributed by atoms with Crippen molar-refractivity contribution < 1.29 is 14.7 Å². The maximum Gasteiger partial charge on any atom is 0.315 e. The molecular formula is C12H22N2O3. The van der Waals surface area contributed by atoms with Gasteiger partial charge >= 0.3 is 12.0 Å². The second-order valence-corrected chi connectivity index (χ2v) is 5.05. The predicted molar refractivity (Wildman–Crippen MR) is 64.8 cm³/mol. The van der Waals surface area contributed by atoms with Crippen LogP contribution in [0.1, 0.15) is 39.5 Å². The molecule has 0 heterocycles. The molecule has 3 N–H and O–H groups in total. The number of nitrogens with one attached hydrogen (secondary N) is 2. The highest BCUT2D eigenvalue weighted by Gasteiger charge is 2.33. The first-order chi connectivity index (χ1) is 7.99. The van der Waals surface area contributed by atoms with Crippen molar-refractivity contribution in [3.63, 3.8) is 0 Å². The summed E-state index contributed by atoms with van der Waals surface area (Å²) < 4.78 is 0. The number of carbonyl (C=O) groups excluding carboxylic acids is 1. The molecule has 0 aromatic heterocycles. The summed E-state index contributed by atoms with van der Waals surface area (Å²) in [4.78, 5) is 21.7. The highest BCUT2D eigenvalue weighted by molar-refractivity contribution is 5.74. The smallest absolute Gasteiger partial charge is 0.315 e. The van der Waals surface area contributed by atoms with Gasteiger partial charge in [-0.05, 0) is 31.1 Å². The van der Waals surface area contributed by atoms with E-state index in [0.29, 0.717) is 30.8 Å². The number of urea groups is 1. The van der Waals surface area contributed by atoms with Crippen molar-refractivity contribution in [2.75, 3.05) is 6.54 Å². The molecule has 3 atom stereocenters. The molecular weight excluding hydrogens is 220 g/mol. The van der Waals surface area contributed by atoms with Crippen LogP contribution in [0.25, 0.3) is 0 Å². The van der Waals surface area contributed by atoms with Crippen LogP contribution in [-0.2, 0) is 4.79 Å². The third kappa shape index (κ3) is 6.14. The molecule has 0 aliphatic heterocycles. The second kappa shape index (κ2) is 6.47. The Labute approximate surface area is 102 Å². The Hall–Kier alpha value is -1.26. The summed E-state index contributed by atoms with van der Waals surface area (Å²) in [5, 5.41) is 14.2. The molecule has 0 radical (unpaired) electrons. The fraction of sp³-hybridized carbons (Fsp3) is 0.833. The van der Waals surface area contributed by atoms with Gasteiger partial charge in [-0.2, -0.15) is 0 Å². The molecule has 0 spiro atoms. The van der Waals surface area contributed by atoms with Gasteiger partial charge in [-0.3, -0.25) is 4.79 Å². The summed E-state index contributed by atoms with van der Waals surface area (Å²) >= 11 is 0. The largest absolute Gasteiger partial charge is 0.481 e. The van der Waals surface area contributed by atoms with Gasteiger partial charge in [0.1, 0.15) is 0 Å². The Balaban J connectivity index is 1.98. The number of carboxylic acid groups (broad SMARTS) is 1. The average molecular weight is 242 g/mol. The zero-order valence-corrected chi connectivity index (χ0v) is 10.5. The lowest BCUT2D eigenvalue weighted by Crippen LogP contribution is -2.38. The van der Waals surface area contributed by atoms with Gasteiger partial charge in [-0.25, -0.2) is 4.79 Å². The van der Waals surface area contributed by atoms with Gasteiger partial charge in [0.05, 0.1) is 0 Å². The van der Waals surface area contributed by atoms with Crippen molar-refractivity contribution in [2.24, 2.45) is 11.8 Å². The topological polar surface area (TPSA) is 78.4 Å². The average Bonchev–Trinajstić information content (AvgIpc) is 2.91. The molecule has 98 valence electrons. The summed E-state index contributed by atoms with van der Waals surface area (Å²) in [6.45, 7) is 4.72. The molecule has 1 saturated carbocycles. The molecule has 1 aliphatic carbocycles. The first-order valence-electron chi connectivity index (χ1n) is 6.25. The van der Waals surface area contributed by atoms with Crippen molar-refractivity contribution in [3.05, 3.63) is 0 Å². The van der Waals surface area contributed by atoms with Gasteiger partial charge in [0.2, 0.25) is 0 Å². The molecule has 1 rings (SSSR count). The maximum atomic E-state index is 11.4. The van der Waals surface area contributed by atoms with Gasteiger partial charge in [-0.1, -0.05) is 13.8 Å². The van der Waals surface area contributed by atoms with E-state index in [9.17, 15) is 9.59 Å². The number of rotatable bonds is 7. The monoisotopic (exact) mass is 242 g/mol. The van der Waals surface area contributed by atoms with Crippen molar-refractivity contribution >= 4 is 12.0 Å². The number of carbonyl (C=O) groups is 2. The van der Waals surface area contributed by atoms with E-state index in [1.54, 1.807) is 0 Å². The molecule has 0 bridgehead atoms. The second-order valence-electron chi connectivity index (χ2n) is 5.05. The minimum atomic E-state index is -0.759. The zero-order valence-electron chi connectivity index (χ0n) is 10.5. The fourth-order valence-electron chi connectivity index (χ4n) is 1.69. The normalized spacial score (nSPS) is 23.9. The van der Waals surface area contributed by atoms with Gasteiger partial charge in [-0.15, -0.1) is 0 Å². The van der Waals surface area contributed by atoms with Crippen LogP contribution in [0.15, 0.2) is 0 Å². The SMILES string of the molecule is CC(CCNC(=O)NC1CC1C)CCC(=O)O. The lowest BCUT2D eigenvalue weighted by Gasteiger charge is -2.11. The Morgan fingerprint density at radius 1 is 1.41 bits per heavy atom. The van der Waals surface area contributed by atoms with Gasteiger partial charge in [0.25, 0.3) is 0 Å². The highest BCUT2D eigenvalue weighted by atomic mass is 16.4. The first kappa shape index (κ1) is 13.8. The van der Waals surface area contributed by atoms with E-state index >= 15 is 0 Å². The minimum Gasteiger partial charge on any atom is -0.481 e. The predicted octanol–water partition coefficient (Wildman–Crippen LogP) is 1.58. The summed E-state index contributed by atoms with van der Waals surface area (Å²) in [5.74, 6) is 0.173. The first-order valence-corrected chi connectivity index (χ1v) is 6.25. The van der Waals surface area contributed by atoms with Crippen LogP contribution < -0.4 is 10.6 Å². The minimum absolute atomic E-state index is 0.107. The molecule has 2 amide bonds. The van der Waals surface area contributed by atoms with Crippen LogP contribution in [0.4, 0.5) is 4.79 Å². The van der Waals surface area contributed by atoms with Crippen LogP contribution in [0.2, 0.25) is 0 Å².